The minimum Gasteiger partial charge on any atom is -0.391 e. The van der Waals surface area contributed by atoms with Crippen LogP contribution < -0.4 is 10.6 Å². The van der Waals surface area contributed by atoms with E-state index in [1.165, 1.54) is 6.20 Å². The maximum atomic E-state index is 13.0. The van der Waals surface area contributed by atoms with E-state index >= 15 is 0 Å². The summed E-state index contributed by atoms with van der Waals surface area (Å²) in [5.74, 6) is 1.21. The zero-order valence-electron chi connectivity index (χ0n) is 19.5. The first-order valence-electron chi connectivity index (χ1n) is 11.7. The van der Waals surface area contributed by atoms with Crippen molar-refractivity contribution in [3.05, 3.63) is 42.4 Å². The Hall–Kier alpha value is -3.54. The molecule has 182 valence electrons. The topological polar surface area (TPSA) is 128 Å². The van der Waals surface area contributed by atoms with Gasteiger partial charge in [0, 0.05) is 43.7 Å². The molecule has 4 aliphatic rings. The van der Waals surface area contributed by atoms with Gasteiger partial charge in [-0.15, -0.1) is 0 Å². The van der Waals surface area contributed by atoms with Crippen LogP contribution >= 0.6 is 0 Å². The van der Waals surface area contributed by atoms with Gasteiger partial charge in [-0.25, -0.2) is 9.97 Å². The van der Waals surface area contributed by atoms with Crippen LogP contribution in [0.3, 0.4) is 0 Å². The van der Waals surface area contributed by atoms with Gasteiger partial charge in [-0.2, -0.15) is 9.61 Å². The van der Waals surface area contributed by atoms with Crippen molar-refractivity contribution >= 4 is 17.4 Å². The molecule has 0 radical (unpaired) electrons. The number of aliphatic hydroxyl groups is 1. The van der Waals surface area contributed by atoms with Crippen molar-refractivity contribution in [1.82, 2.24) is 29.5 Å². The van der Waals surface area contributed by atoms with Gasteiger partial charge in [0.05, 0.1) is 43.3 Å². The predicted octanol–water partition coefficient (Wildman–Crippen LogP) is 1.58. The minimum absolute atomic E-state index is 0.0294. The first kappa shape index (κ1) is 22.0. The van der Waals surface area contributed by atoms with Gasteiger partial charge >= 0.3 is 0 Å². The molecule has 1 saturated heterocycles. The number of hydrogen-bond acceptors (Lipinski definition) is 8. The van der Waals surface area contributed by atoms with Crippen LogP contribution in [0.1, 0.15) is 29.2 Å². The fourth-order valence-electron chi connectivity index (χ4n) is 4.87. The summed E-state index contributed by atoms with van der Waals surface area (Å²) in [5, 5.41) is 20.3. The third-order valence-corrected chi connectivity index (χ3v) is 7.06. The Bertz CT molecular complexity index is 1370. The molecule has 11 heteroatoms. The van der Waals surface area contributed by atoms with Gasteiger partial charge in [0.1, 0.15) is 23.3 Å². The fraction of sp³-hybridized carbons (Fsp3) is 0.417. The number of pyridine rings is 1. The lowest BCUT2D eigenvalue weighted by molar-refractivity contribution is 0.0448. The molecule has 0 aromatic carbocycles. The number of ether oxygens (including phenoxy) is 2. The monoisotopic (exact) mass is 477 g/mol. The molecule has 5 heterocycles. The summed E-state index contributed by atoms with van der Waals surface area (Å²) < 4.78 is 15.0. The predicted molar refractivity (Wildman–Crippen MR) is 128 cm³/mol. The molecule has 11 nitrogen and oxygen atoms in total. The van der Waals surface area contributed by atoms with E-state index in [0.29, 0.717) is 42.4 Å². The smallest absolute Gasteiger partial charge is 0.257 e. The summed E-state index contributed by atoms with van der Waals surface area (Å²) in [6.07, 6.45) is 6.21. The molecule has 1 saturated carbocycles. The van der Waals surface area contributed by atoms with Crippen LogP contribution in [-0.2, 0) is 9.47 Å². The van der Waals surface area contributed by atoms with Gasteiger partial charge in [-0.3, -0.25) is 4.79 Å². The van der Waals surface area contributed by atoms with Crippen molar-refractivity contribution in [2.45, 2.75) is 37.1 Å². The summed E-state index contributed by atoms with van der Waals surface area (Å²) in [7, 11) is 3.49. The van der Waals surface area contributed by atoms with Crippen LogP contribution in [0.2, 0.25) is 0 Å². The molecular formula is C24H27N7O4. The van der Waals surface area contributed by atoms with Gasteiger partial charge in [-0.1, -0.05) is 0 Å². The highest BCUT2D eigenvalue weighted by atomic mass is 16.5. The average Bonchev–Trinajstić information content (AvgIpc) is 3.63. The fourth-order valence-corrected chi connectivity index (χ4v) is 4.87. The maximum Gasteiger partial charge on any atom is 0.257 e. The molecule has 0 bridgehead atoms. The lowest BCUT2D eigenvalue weighted by atomic mass is 9.89. The summed E-state index contributed by atoms with van der Waals surface area (Å²) in [5.41, 5.74) is 3.25. The molecule has 35 heavy (non-hydrogen) atoms. The Morgan fingerprint density at radius 2 is 2.14 bits per heavy atom. The van der Waals surface area contributed by atoms with E-state index in [4.69, 9.17) is 19.4 Å². The third kappa shape index (κ3) is 3.54. The third-order valence-electron chi connectivity index (χ3n) is 7.06. The highest BCUT2D eigenvalue weighted by molar-refractivity contribution is 6.00. The van der Waals surface area contributed by atoms with E-state index in [9.17, 15) is 9.90 Å². The van der Waals surface area contributed by atoms with Crippen LogP contribution in [0.25, 0.3) is 28.3 Å². The minimum atomic E-state index is -0.506. The molecule has 6 rings (SSSR count). The molecule has 1 amide bonds. The van der Waals surface area contributed by atoms with Crippen molar-refractivity contribution in [1.29, 1.82) is 0 Å². The second kappa shape index (κ2) is 8.59. The van der Waals surface area contributed by atoms with Gasteiger partial charge in [0.25, 0.3) is 5.91 Å². The number of fused-ring (bicyclic) bond motifs is 2. The second-order valence-corrected chi connectivity index (χ2v) is 9.00. The van der Waals surface area contributed by atoms with Crippen LogP contribution in [0, 0.1) is 0 Å². The number of amides is 1. The Morgan fingerprint density at radius 1 is 1.26 bits per heavy atom. The van der Waals surface area contributed by atoms with Crippen LogP contribution in [0.4, 0.5) is 5.82 Å². The lowest BCUT2D eigenvalue weighted by Gasteiger charge is -2.32. The second-order valence-electron chi connectivity index (χ2n) is 9.00. The van der Waals surface area contributed by atoms with Crippen molar-refractivity contribution in [3.8, 4) is 22.6 Å². The molecule has 3 aliphatic heterocycles. The zero-order valence-corrected chi connectivity index (χ0v) is 19.5. The Kier molecular flexibility index (Phi) is 5.39. The van der Waals surface area contributed by atoms with Gasteiger partial charge in [0.15, 0.2) is 5.65 Å². The SMILES string of the molecule is CNc1cc(-c2cnc3n([C@@H]4COC[C@H]4OC)cccc2-3)nc2c(C(=O)NC3CC[C@@H]3O)cnn12. The normalized spacial score (nSPS) is 24.1. The molecule has 2 fully saturated rings. The van der Waals surface area contributed by atoms with E-state index in [1.807, 2.05) is 24.4 Å². The molecule has 1 aliphatic carbocycles. The number of nitrogens with one attached hydrogen (secondary N) is 2. The largest absolute Gasteiger partial charge is 0.391 e. The van der Waals surface area contributed by atoms with Crippen molar-refractivity contribution in [2.75, 3.05) is 32.7 Å². The van der Waals surface area contributed by atoms with E-state index in [0.717, 1.165) is 23.4 Å². The Morgan fingerprint density at radius 3 is 2.89 bits per heavy atom. The highest BCUT2D eigenvalue weighted by Gasteiger charge is 2.33. The van der Waals surface area contributed by atoms with Crippen LogP contribution in [0.5, 0.6) is 0 Å². The number of hydrogen-bond donors (Lipinski definition) is 3. The molecular weight excluding hydrogens is 450 g/mol. The van der Waals surface area contributed by atoms with Crippen LogP contribution in [-0.4, -0.2) is 80.8 Å². The summed E-state index contributed by atoms with van der Waals surface area (Å²) in [6.45, 7) is 1.11. The van der Waals surface area contributed by atoms with Gasteiger partial charge in [-0.05, 0) is 25.0 Å². The van der Waals surface area contributed by atoms with Crippen LogP contribution in [0.15, 0.2) is 36.8 Å². The Labute approximate surface area is 201 Å². The standard InChI is InChI=1S/C24H27N7O4/c1-25-21-8-17(28-23-15(10-27-31(21)23)24(33)29-16-5-6-19(16)32)14-9-26-22-13(14)4-3-7-30(22)18-11-35-12-20(18)34-2/h3-4,7-10,16,18-20,25,32H,5-6,11-12H2,1-2H3,(H,29,33)/t16?,18-,19+,20-/m1/s1. The number of aliphatic hydroxyl groups excluding tert-OH is 1. The quantitative estimate of drug-likeness (QED) is 0.382. The van der Waals surface area contributed by atoms with Crippen molar-refractivity contribution < 1.29 is 19.4 Å². The number of nitrogens with zero attached hydrogens (tertiary/aromatic N) is 5. The van der Waals surface area contributed by atoms with E-state index < -0.39 is 6.10 Å². The first-order chi connectivity index (χ1) is 17.1. The summed E-state index contributed by atoms with van der Waals surface area (Å²) >= 11 is 0. The first-order valence-corrected chi connectivity index (χ1v) is 11.7. The van der Waals surface area contributed by atoms with Crippen molar-refractivity contribution in [3.63, 3.8) is 0 Å². The van der Waals surface area contributed by atoms with E-state index in [-0.39, 0.29) is 24.1 Å². The highest BCUT2D eigenvalue weighted by Crippen LogP contribution is 2.36. The maximum absolute atomic E-state index is 13.0. The average molecular weight is 478 g/mol. The summed E-state index contributed by atoms with van der Waals surface area (Å²) in [6, 6.07) is 5.68. The number of rotatable bonds is 6. The van der Waals surface area contributed by atoms with E-state index in [1.54, 1.807) is 24.9 Å². The van der Waals surface area contributed by atoms with Gasteiger partial charge < -0.3 is 29.8 Å². The van der Waals surface area contributed by atoms with Crippen molar-refractivity contribution in [2.24, 2.45) is 0 Å². The number of carbonyl (C=O) groups excluding carboxylic acids is 1. The number of methoxy groups -OCH3 is 1. The molecule has 4 atom stereocenters. The molecule has 1 unspecified atom stereocenters. The zero-order chi connectivity index (χ0) is 24.1. The van der Waals surface area contributed by atoms with E-state index in [2.05, 4.69) is 20.3 Å². The molecule has 2 aromatic rings. The lowest BCUT2D eigenvalue weighted by Crippen LogP contribution is -2.50. The number of carbonyl (C=O) groups is 1. The number of anilines is 1. The summed E-state index contributed by atoms with van der Waals surface area (Å²) in [4.78, 5) is 22.5. The molecule has 2 aromatic heterocycles. The Balaban J connectivity index is 1.40. The molecule has 3 N–H and O–H groups in total. The van der Waals surface area contributed by atoms with Gasteiger partial charge in [0.2, 0.25) is 0 Å². The molecule has 0 spiro atoms. The number of aromatic nitrogens is 5.